The fourth-order valence-corrected chi connectivity index (χ4v) is 4.08. The van der Waals surface area contributed by atoms with E-state index in [9.17, 15) is 4.79 Å². The van der Waals surface area contributed by atoms with Gasteiger partial charge in [-0.25, -0.2) is 0 Å². The number of piperidine rings is 1. The monoisotopic (exact) mass is 311 g/mol. The molecule has 1 aromatic rings. The normalized spacial score (nSPS) is 26.5. The highest BCUT2D eigenvalue weighted by Crippen LogP contribution is 2.43. The minimum atomic E-state index is -0.367. The van der Waals surface area contributed by atoms with Crippen LogP contribution in [0.15, 0.2) is 16.4 Å². The lowest BCUT2D eigenvalue weighted by Crippen LogP contribution is -2.49. The van der Waals surface area contributed by atoms with Gasteiger partial charge in [-0.2, -0.15) is 15.3 Å². The van der Waals surface area contributed by atoms with Crippen molar-refractivity contribution >= 4 is 5.91 Å². The highest BCUT2D eigenvalue weighted by Gasteiger charge is 2.43. The third-order valence-electron chi connectivity index (χ3n) is 5.37. The molecule has 0 aliphatic carbocycles. The lowest BCUT2D eigenvalue weighted by molar-refractivity contribution is -0.139. The van der Waals surface area contributed by atoms with Gasteiger partial charge >= 0.3 is 0 Å². The number of amides is 1. The summed E-state index contributed by atoms with van der Waals surface area (Å²) in [5.41, 5.74) is 2.05. The molecule has 1 amide bonds. The lowest BCUT2D eigenvalue weighted by Gasteiger charge is -2.45. The first kappa shape index (κ1) is 14.4. The van der Waals surface area contributed by atoms with E-state index in [4.69, 9.17) is 6.42 Å². The van der Waals surface area contributed by atoms with Gasteiger partial charge in [0, 0.05) is 49.4 Å². The molecule has 0 spiro atoms. The molecule has 4 rings (SSSR count). The van der Waals surface area contributed by atoms with Crippen LogP contribution in [0.4, 0.5) is 0 Å². The molecule has 2 bridgehead atoms. The number of H-pyrrole nitrogens is 1. The summed E-state index contributed by atoms with van der Waals surface area (Å²) in [6.45, 7) is 0. The van der Waals surface area contributed by atoms with Crippen molar-refractivity contribution in [1.82, 2.24) is 15.1 Å². The Morgan fingerprint density at radius 1 is 1.43 bits per heavy atom. The number of hydrogen-bond acceptors (Lipinski definition) is 4. The molecule has 0 radical (unpaired) electrons. The maximum atomic E-state index is 12.9. The summed E-state index contributed by atoms with van der Waals surface area (Å²) >= 11 is 0. The lowest BCUT2D eigenvalue weighted by atomic mass is 9.83. The first-order chi connectivity index (χ1) is 11.2. The summed E-state index contributed by atoms with van der Waals surface area (Å²) in [7, 11) is 0. The number of terminal acetylenes is 1. The van der Waals surface area contributed by atoms with Gasteiger partial charge in [-0.3, -0.25) is 9.89 Å². The van der Waals surface area contributed by atoms with E-state index in [1.54, 1.807) is 0 Å². The molecule has 1 saturated heterocycles. The molecular weight excluding hydrogens is 290 g/mol. The van der Waals surface area contributed by atoms with Crippen molar-refractivity contribution in [2.24, 2.45) is 10.2 Å². The average molecular weight is 311 g/mol. The Bertz CT molecular complexity index is 679. The molecule has 4 heterocycles. The van der Waals surface area contributed by atoms with Gasteiger partial charge in [0.1, 0.15) is 0 Å². The summed E-state index contributed by atoms with van der Waals surface area (Å²) in [5.74, 6) is 2.86. The Balaban J connectivity index is 1.44. The van der Waals surface area contributed by atoms with Crippen LogP contribution in [0.25, 0.3) is 0 Å². The largest absolute Gasteiger partial charge is 0.332 e. The van der Waals surface area contributed by atoms with Crippen LogP contribution in [0.1, 0.15) is 62.2 Å². The van der Waals surface area contributed by atoms with Crippen LogP contribution in [0.5, 0.6) is 0 Å². The van der Waals surface area contributed by atoms with Gasteiger partial charge in [0.2, 0.25) is 5.91 Å². The molecule has 23 heavy (non-hydrogen) atoms. The van der Waals surface area contributed by atoms with E-state index in [1.165, 1.54) is 17.7 Å². The number of carbonyl (C=O) groups is 1. The smallest absolute Gasteiger partial charge is 0.223 e. The van der Waals surface area contributed by atoms with Crippen molar-refractivity contribution in [2.45, 2.75) is 69.1 Å². The molecular formula is C17H21N5O. The number of nitrogens with one attached hydrogen (secondary N) is 1. The van der Waals surface area contributed by atoms with Crippen LogP contribution in [0.2, 0.25) is 0 Å². The maximum Gasteiger partial charge on any atom is 0.223 e. The Labute approximate surface area is 135 Å². The average Bonchev–Trinajstić information content (AvgIpc) is 3.18. The molecule has 1 N–H and O–H groups in total. The molecule has 2 unspecified atom stereocenters. The van der Waals surface area contributed by atoms with Gasteiger partial charge in [0.15, 0.2) is 5.66 Å². The van der Waals surface area contributed by atoms with Crippen LogP contribution in [0.3, 0.4) is 0 Å². The topological polar surface area (TPSA) is 73.7 Å². The number of nitrogens with zero attached hydrogens (tertiary/aromatic N) is 4. The van der Waals surface area contributed by atoms with Crippen LogP contribution in [-0.2, 0) is 11.2 Å². The van der Waals surface area contributed by atoms with Gasteiger partial charge in [0.25, 0.3) is 0 Å². The van der Waals surface area contributed by atoms with Crippen LogP contribution in [0, 0.1) is 12.3 Å². The minimum Gasteiger partial charge on any atom is -0.332 e. The molecule has 0 aromatic carbocycles. The second kappa shape index (κ2) is 5.48. The third kappa shape index (κ3) is 2.54. The number of fused-ring (bicyclic) bond motifs is 4. The third-order valence-corrected chi connectivity index (χ3v) is 5.37. The Morgan fingerprint density at radius 2 is 2.30 bits per heavy atom. The second-order valence-electron chi connectivity index (χ2n) is 6.80. The van der Waals surface area contributed by atoms with E-state index in [-0.39, 0.29) is 17.6 Å². The summed E-state index contributed by atoms with van der Waals surface area (Å²) in [6, 6.07) is 0.502. The van der Waals surface area contributed by atoms with Gasteiger partial charge < -0.3 is 4.90 Å². The fraction of sp³-hybridized carbons (Fsp3) is 0.647. The van der Waals surface area contributed by atoms with E-state index < -0.39 is 0 Å². The van der Waals surface area contributed by atoms with Crippen molar-refractivity contribution in [2.75, 3.05) is 0 Å². The van der Waals surface area contributed by atoms with Gasteiger partial charge in [-0.15, -0.1) is 12.3 Å². The quantitative estimate of drug-likeness (QED) is 0.849. The Kier molecular flexibility index (Phi) is 3.44. The van der Waals surface area contributed by atoms with E-state index in [2.05, 4.69) is 31.2 Å². The molecule has 6 heteroatoms. The van der Waals surface area contributed by atoms with E-state index in [1.807, 2.05) is 6.20 Å². The first-order valence-corrected chi connectivity index (χ1v) is 8.43. The number of aromatic amines is 1. The number of hydrogen-bond donors (Lipinski definition) is 1. The molecule has 1 fully saturated rings. The summed E-state index contributed by atoms with van der Waals surface area (Å²) < 4.78 is 0. The predicted octanol–water partition coefficient (Wildman–Crippen LogP) is 2.74. The molecule has 6 nitrogen and oxygen atoms in total. The zero-order chi connectivity index (χ0) is 15.9. The highest BCUT2D eigenvalue weighted by atomic mass is 16.2. The molecule has 120 valence electrons. The molecule has 2 atom stereocenters. The summed E-state index contributed by atoms with van der Waals surface area (Å²) in [5, 5.41) is 15.5. The van der Waals surface area contributed by atoms with Gasteiger partial charge in [0.05, 0.1) is 12.2 Å². The fourth-order valence-electron chi connectivity index (χ4n) is 4.08. The van der Waals surface area contributed by atoms with E-state index in [0.717, 1.165) is 25.7 Å². The van der Waals surface area contributed by atoms with Gasteiger partial charge in [-0.05, 0) is 19.3 Å². The van der Waals surface area contributed by atoms with Crippen molar-refractivity contribution < 1.29 is 4.79 Å². The van der Waals surface area contributed by atoms with Crippen LogP contribution < -0.4 is 0 Å². The predicted molar refractivity (Wildman–Crippen MR) is 84.4 cm³/mol. The molecule has 0 saturated carbocycles. The zero-order valence-corrected chi connectivity index (χ0v) is 13.2. The first-order valence-electron chi connectivity index (χ1n) is 8.43. The van der Waals surface area contributed by atoms with Crippen molar-refractivity contribution in [3.63, 3.8) is 0 Å². The number of aromatic nitrogens is 2. The second-order valence-corrected chi connectivity index (χ2v) is 6.80. The van der Waals surface area contributed by atoms with Crippen molar-refractivity contribution in [3.8, 4) is 12.3 Å². The highest BCUT2D eigenvalue weighted by molar-refractivity contribution is 5.78. The van der Waals surface area contributed by atoms with E-state index >= 15 is 0 Å². The molecule has 3 aliphatic rings. The van der Waals surface area contributed by atoms with Gasteiger partial charge in [-0.1, -0.05) is 0 Å². The Hall–Kier alpha value is -2.16. The SMILES string of the molecule is C#CCCC1(CCC(=O)N2C3CCCC2c2cn[nH]c2C3)N=N1. The standard InChI is InChI=1S/C17H21N5O/c1-2-3-8-17(20-21-17)9-7-16(23)22-12-5-4-6-15(22)13-11-18-19-14(13)10-12/h1,11-12,15H,3-10H2,(H,18,19). The van der Waals surface area contributed by atoms with Crippen LogP contribution in [-0.4, -0.2) is 32.7 Å². The number of rotatable bonds is 5. The Morgan fingerprint density at radius 3 is 3.09 bits per heavy atom. The maximum absolute atomic E-state index is 12.9. The summed E-state index contributed by atoms with van der Waals surface area (Å²) in [6.07, 6.45) is 14.0. The van der Waals surface area contributed by atoms with E-state index in [0.29, 0.717) is 25.3 Å². The van der Waals surface area contributed by atoms with Crippen LogP contribution >= 0.6 is 0 Å². The van der Waals surface area contributed by atoms with Crippen molar-refractivity contribution in [3.05, 3.63) is 17.5 Å². The number of carbonyl (C=O) groups excluding carboxylic acids is 1. The minimum absolute atomic E-state index is 0.193. The molecule has 3 aliphatic heterocycles. The molecule has 1 aromatic heterocycles. The van der Waals surface area contributed by atoms with Crippen molar-refractivity contribution in [1.29, 1.82) is 0 Å². The summed E-state index contributed by atoms with van der Waals surface area (Å²) in [4.78, 5) is 15.0. The zero-order valence-electron chi connectivity index (χ0n) is 13.2.